The highest BCUT2D eigenvalue weighted by molar-refractivity contribution is 7.87. The molecule has 1 rings (SSSR count). The maximum Gasteiger partial charge on any atom is 0.322 e. The van der Waals surface area contributed by atoms with Crippen LogP contribution in [0.3, 0.4) is 0 Å². The van der Waals surface area contributed by atoms with Crippen LogP contribution in [0.15, 0.2) is 12.5 Å². The lowest BCUT2D eigenvalue weighted by molar-refractivity contribution is -0.138. The van der Waals surface area contributed by atoms with Crippen LogP contribution in [0.4, 0.5) is 0 Å². The van der Waals surface area contributed by atoms with Crippen LogP contribution in [0.1, 0.15) is 19.5 Å². The van der Waals surface area contributed by atoms with E-state index >= 15 is 0 Å². The highest BCUT2D eigenvalue weighted by atomic mass is 32.2. The number of imidazole rings is 1. The van der Waals surface area contributed by atoms with E-state index in [0.29, 0.717) is 5.69 Å². The minimum absolute atomic E-state index is 0.00562. The van der Waals surface area contributed by atoms with Crippen LogP contribution in [0.25, 0.3) is 0 Å². The molecule has 9 heteroatoms. The molecule has 102 valence electrons. The third-order valence-electron chi connectivity index (χ3n) is 1.97. The molecule has 18 heavy (non-hydrogen) atoms. The van der Waals surface area contributed by atoms with Gasteiger partial charge in [0.25, 0.3) is 10.2 Å². The number of aromatic nitrogens is 2. The third kappa shape index (κ3) is 4.82. The summed E-state index contributed by atoms with van der Waals surface area (Å²) in [6.07, 6.45) is 2.84. The van der Waals surface area contributed by atoms with Crippen molar-refractivity contribution >= 4 is 16.2 Å². The Kier molecular flexibility index (Phi) is 4.82. The average molecular weight is 276 g/mol. The van der Waals surface area contributed by atoms with Gasteiger partial charge in [0.15, 0.2) is 0 Å². The molecule has 0 bridgehead atoms. The Morgan fingerprint density at radius 1 is 1.50 bits per heavy atom. The number of aliphatic carboxylic acids is 1. The van der Waals surface area contributed by atoms with Gasteiger partial charge in [0.1, 0.15) is 6.04 Å². The second-order valence-electron chi connectivity index (χ2n) is 4.07. The summed E-state index contributed by atoms with van der Waals surface area (Å²) in [6, 6.07) is -1.56. The van der Waals surface area contributed by atoms with E-state index in [1.165, 1.54) is 12.5 Å². The van der Waals surface area contributed by atoms with Gasteiger partial charge in [-0.1, -0.05) is 0 Å². The van der Waals surface area contributed by atoms with Crippen LogP contribution in [0, 0.1) is 0 Å². The predicted octanol–water partition coefficient (Wildman–Crippen LogP) is -0.762. The number of hydrogen-bond donors (Lipinski definition) is 4. The Balaban J connectivity index is 2.72. The van der Waals surface area contributed by atoms with E-state index in [1.807, 2.05) is 0 Å². The monoisotopic (exact) mass is 276 g/mol. The zero-order valence-corrected chi connectivity index (χ0v) is 10.9. The van der Waals surface area contributed by atoms with Crippen molar-refractivity contribution in [2.24, 2.45) is 0 Å². The summed E-state index contributed by atoms with van der Waals surface area (Å²) < 4.78 is 27.5. The molecule has 0 saturated carbocycles. The summed E-state index contributed by atoms with van der Waals surface area (Å²) >= 11 is 0. The zero-order valence-electron chi connectivity index (χ0n) is 10.0. The summed E-state index contributed by atoms with van der Waals surface area (Å²) in [6.45, 7) is 3.29. The summed E-state index contributed by atoms with van der Waals surface area (Å²) in [4.78, 5) is 17.5. The van der Waals surface area contributed by atoms with Gasteiger partial charge in [-0.2, -0.15) is 17.9 Å². The summed E-state index contributed by atoms with van der Waals surface area (Å²) in [7, 11) is -3.84. The maximum absolute atomic E-state index is 11.6. The van der Waals surface area contributed by atoms with Gasteiger partial charge in [0, 0.05) is 24.4 Å². The number of nitrogens with zero attached hydrogens (tertiary/aromatic N) is 1. The molecule has 8 nitrogen and oxygen atoms in total. The van der Waals surface area contributed by atoms with Gasteiger partial charge in [-0.25, -0.2) is 4.98 Å². The first-order valence-electron chi connectivity index (χ1n) is 5.30. The molecule has 0 aliphatic heterocycles. The molecule has 0 fully saturated rings. The largest absolute Gasteiger partial charge is 0.480 e. The second-order valence-corrected chi connectivity index (χ2v) is 5.54. The normalized spacial score (nSPS) is 13.7. The molecule has 0 spiro atoms. The Morgan fingerprint density at radius 3 is 2.61 bits per heavy atom. The van der Waals surface area contributed by atoms with E-state index in [2.05, 4.69) is 19.4 Å². The molecule has 1 aromatic heterocycles. The Hall–Kier alpha value is -1.45. The van der Waals surface area contributed by atoms with Crippen molar-refractivity contribution in [3.63, 3.8) is 0 Å². The molecule has 1 atom stereocenters. The third-order valence-corrected chi connectivity index (χ3v) is 3.34. The summed E-state index contributed by atoms with van der Waals surface area (Å²) in [5, 5.41) is 8.98. The maximum atomic E-state index is 11.6. The molecule has 4 N–H and O–H groups in total. The van der Waals surface area contributed by atoms with Crippen molar-refractivity contribution in [2.75, 3.05) is 0 Å². The van der Waals surface area contributed by atoms with Crippen molar-refractivity contribution in [3.05, 3.63) is 18.2 Å². The summed E-state index contributed by atoms with van der Waals surface area (Å²) in [5.74, 6) is -1.25. The van der Waals surface area contributed by atoms with E-state index in [-0.39, 0.29) is 12.5 Å². The first-order chi connectivity index (χ1) is 8.30. The average Bonchev–Trinajstić information content (AvgIpc) is 2.66. The Morgan fingerprint density at radius 2 is 2.17 bits per heavy atom. The highest BCUT2D eigenvalue weighted by Crippen LogP contribution is 2.00. The number of nitrogens with one attached hydrogen (secondary N) is 3. The smallest absolute Gasteiger partial charge is 0.322 e. The lowest BCUT2D eigenvalue weighted by Gasteiger charge is -2.15. The number of rotatable bonds is 7. The van der Waals surface area contributed by atoms with E-state index in [9.17, 15) is 13.2 Å². The molecule has 0 amide bonds. The first-order valence-corrected chi connectivity index (χ1v) is 6.78. The van der Waals surface area contributed by atoms with E-state index in [0.717, 1.165) is 0 Å². The van der Waals surface area contributed by atoms with Gasteiger partial charge in [-0.05, 0) is 13.8 Å². The lowest BCUT2D eigenvalue weighted by atomic mass is 10.2. The number of H-pyrrole nitrogens is 1. The van der Waals surface area contributed by atoms with Crippen LogP contribution >= 0.6 is 0 Å². The van der Waals surface area contributed by atoms with Crippen LogP contribution < -0.4 is 9.44 Å². The fourth-order valence-electron chi connectivity index (χ4n) is 1.33. The van der Waals surface area contributed by atoms with E-state index < -0.39 is 22.2 Å². The number of carboxylic acid groups (broad SMARTS) is 1. The fraction of sp³-hybridized carbons (Fsp3) is 0.556. The van der Waals surface area contributed by atoms with E-state index in [1.54, 1.807) is 13.8 Å². The van der Waals surface area contributed by atoms with Gasteiger partial charge in [-0.15, -0.1) is 0 Å². The molecule has 0 saturated heterocycles. The second kappa shape index (κ2) is 5.94. The van der Waals surface area contributed by atoms with Gasteiger partial charge in [0.2, 0.25) is 0 Å². The van der Waals surface area contributed by atoms with Crippen LogP contribution in [-0.2, 0) is 21.4 Å². The van der Waals surface area contributed by atoms with Gasteiger partial charge in [-0.3, -0.25) is 4.79 Å². The lowest BCUT2D eigenvalue weighted by Crippen LogP contribution is -2.49. The zero-order chi connectivity index (χ0) is 13.8. The molecule has 0 aliphatic carbocycles. The van der Waals surface area contributed by atoms with Crippen LogP contribution in [0.5, 0.6) is 0 Å². The molecule has 1 heterocycles. The van der Waals surface area contributed by atoms with Gasteiger partial charge >= 0.3 is 5.97 Å². The van der Waals surface area contributed by atoms with Gasteiger partial charge < -0.3 is 10.1 Å². The van der Waals surface area contributed by atoms with Crippen molar-refractivity contribution in [3.8, 4) is 0 Å². The predicted molar refractivity (Wildman–Crippen MR) is 64.0 cm³/mol. The summed E-state index contributed by atoms with van der Waals surface area (Å²) in [5.41, 5.74) is 0.537. The van der Waals surface area contributed by atoms with Crippen molar-refractivity contribution < 1.29 is 18.3 Å². The van der Waals surface area contributed by atoms with E-state index in [4.69, 9.17) is 5.11 Å². The van der Waals surface area contributed by atoms with Gasteiger partial charge in [0.05, 0.1) is 6.33 Å². The molecule has 0 aliphatic rings. The van der Waals surface area contributed by atoms with Crippen molar-refractivity contribution in [1.29, 1.82) is 0 Å². The number of aromatic amines is 1. The van der Waals surface area contributed by atoms with Crippen molar-refractivity contribution in [1.82, 2.24) is 19.4 Å². The molecule has 0 aromatic carbocycles. The number of hydrogen-bond acceptors (Lipinski definition) is 4. The fourth-order valence-corrected chi connectivity index (χ4v) is 2.57. The van der Waals surface area contributed by atoms with Crippen molar-refractivity contribution in [2.45, 2.75) is 32.4 Å². The Bertz CT molecular complexity index is 483. The number of carbonyl (C=O) groups is 1. The quantitative estimate of drug-likeness (QED) is 0.521. The highest BCUT2D eigenvalue weighted by Gasteiger charge is 2.25. The molecule has 0 unspecified atom stereocenters. The SMILES string of the molecule is CC(C)NS(=O)(=O)N[C@@H](Cc1cnc[nH]1)C(=O)O. The molecular weight excluding hydrogens is 260 g/mol. The minimum Gasteiger partial charge on any atom is -0.480 e. The number of carboxylic acids is 1. The molecular formula is C9H16N4O4S. The van der Waals surface area contributed by atoms with Crippen LogP contribution in [0.2, 0.25) is 0 Å². The Labute approximate surface area is 105 Å². The minimum atomic E-state index is -3.84. The topological polar surface area (TPSA) is 124 Å². The standard InChI is InChI=1S/C9H16N4O4S/c1-6(2)12-18(16,17)13-8(9(14)15)3-7-4-10-5-11-7/h4-6,8,12-13H,3H2,1-2H3,(H,10,11)(H,14,15)/t8-/m0/s1. The first kappa shape index (κ1) is 14.6. The van der Waals surface area contributed by atoms with Crippen LogP contribution in [-0.4, -0.2) is 41.5 Å². The molecule has 1 aromatic rings. The molecule has 0 radical (unpaired) electrons.